The van der Waals surface area contributed by atoms with Gasteiger partial charge < -0.3 is 9.88 Å². The van der Waals surface area contributed by atoms with Gasteiger partial charge in [0.25, 0.3) is 5.91 Å². The van der Waals surface area contributed by atoms with Crippen LogP contribution in [0.25, 0.3) is 10.9 Å². The van der Waals surface area contributed by atoms with Crippen LogP contribution in [0.2, 0.25) is 0 Å². The van der Waals surface area contributed by atoms with E-state index in [0.717, 1.165) is 29.6 Å². The second kappa shape index (κ2) is 7.71. The van der Waals surface area contributed by atoms with Crippen LogP contribution in [-0.4, -0.2) is 24.6 Å². The maximum absolute atomic E-state index is 12.6. The number of hydrogen-bond acceptors (Lipinski definition) is 3. The molecule has 3 rings (SSSR count). The van der Waals surface area contributed by atoms with Crippen LogP contribution >= 0.6 is 0 Å². The predicted molar refractivity (Wildman–Crippen MR) is 104 cm³/mol. The summed E-state index contributed by atoms with van der Waals surface area (Å²) in [6.45, 7) is 5.17. The van der Waals surface area contributed by atoms with Gasteiger partial charge in [-0.05, 0) is 54.4 Å². The Hall–Kier alpha value is -2.74. The summed E-state index contributed by atoms with van der Waals surface area (Å²) in [7, 11) is -4.68. The summed E-state index contributed by atoms with van der Waals surface area (Å²) in [5.41, 5.74) is 1.82. The fourth-order valence-electron chi connectivity index (χ4n) is 2.93. The Labute approximate surface area is 161 Å². The van der Waals surface area contributed by atoms with Crippen molar-refractivity contribution in [1.82, 2.24) is 4.57 Å². The van der Waals surface area contributed by atoms with E-state index < -0.39 is 26.4 Å². The average molecular weight is 406 g/mol. The van der Waals surface area contributed by atoms with Gasteiger partial charge in [0.1, 0.15) is 0 Å². The quantitative estimate of drug-likeness (QED) is 0.653. The highest BCUT2D eigenvalue weighted by Crippen LogP contribution is 2.23. The number of nitrogens with zero attached hydrogens (tertiary/aromatic N) is 1. The molecule has 0 aliphatic heterocycles. The zero-order valence-corrected chi connectivity index (χ0v) is 16.2. The van der Waals surface area contributed by atoms with Crippen molar-refractivity contribution < 1.29 is 22.0 Å². The minimum absolute atomic E-state index is 0.172. The lowest BCUT2D eigenvalue weighted by molar-refractivity contribution is 0.102. The topological polar surface area (TPSA) is 68.2 Å². The summed E-state index contributed by atoms with van der Waals surface area (Å²) in [4.78, 5) is 11.9. The Morgan fingerprint density at radius 2 is 1.75 bits per heavy atom. The SMILES string of the molecule is CC(C)Cn1ccc2cc(NC(=O)c3ccc(S(=O)(=O)C(F)F)cc3)ccc21. The Kier molecular flexibility index (Phi) is 5.51. The van der Waals surface area contributed by atoms with Crippen molar-refractivity contribution in [2.45, 2.75) is 31.0 Å². The van der Waals surface area contributed by atoms with Crippen LogP contribution in [0.3, 0.4) is 0 Å². The zero-order chi connectivity index (χ0) is 20.5. The Balaban J connectivity index is 1.77. The number of benzene rings is 2. The van der Waals surface area contributed by atoms with Crippen LogP contribution in [0.15, 0.2) is 59.6 Å². The van der Waals surface area contributed by atoms with Crippen molar-refractivity contribution in [2.24, 2.45) is 5.92 Å². The lowest BCUT2D eigenvalue weighted by atomic mass is 10.2. The number of rotatable bonds is 6. The number of amides is 1. The third-order valence-corrected chi connectivity index (χ3v) is 5.67. The molecule has 0 atom stereocenters. The lowest BCUT2D eigenvalue weighted by Crippen LogP contribution is -2.14. The molecule has 5 nitrogen and oxygen atoms in total. The second-order valence-corrected chi connectivity index (χ2v) is 8.84. The van der Waals surface area contributed by atoms with Gasteiger partial charge in [0.2, 0.25) is 9.84 Å². The first-order chi connectivity index (χ1) is 13.2. The summed E-state index contributed by atoms with van der Waals surface area (Å²) in [5, 5.41) is 3.72. The minimum atomic E-state index is -4.68. The standard InChI is InChI=1S/C20H20F2N2O3S/c1-13(2)12-24-10-9-15-11-16(5-8-18(15)24)23-19(25)14-3-6-17(7-4-14)28(26,27)20(21)22/h3-11,13,20H,12H2,1-2H3,(H,23,25). The highest BCUT2D eigenvalue weighted by Gasteiger charge is 2.26. The molecule has 0 bridgehead atoms. The molecule has 0 saturated carbocycles. The molecule has 0 radical (unpaired) electrons. The molecule has 0 aliphatic rings. The molecular formula is C20H20F2N2O3S. The van der Waals surface area contributed by atoms with Gasteiger partial charge in [-0.1, -0.05) is 13.8 Å². The third-order valence-electron chi connectivity index (χ3n) is 4.27. The smallest absolute Gasteiger partial charge is 0.341 e. The van der Waals surface area contributed by atoms with Crippen LogP contribution in [-0.2, 0) is 16.4 Å². The molecule has 148 valence electrons. The van der Waals surface area contributed by atoms with Crippen molar-refractivity contribution in [1.29, 1.82) is 0 Å². The summed E-state index contributed by atoms with van der Waals surface area (Å²) in [5.74, 6) is -3.45. The molecule has 0 spiro atoms. The van der Waals surface area contributed by atoms with E-state index in [1.54, 1.807) is 6.07 Å². The third kappa shape index (κ3) is 4.06. The number of aromatic nitrogens is 1. The maximum Gasteiger partial charge on any atom is 0.341 e. The fraction of sp³-hybridized carbons (Fsp3) is 0.250. The highest BCUT2D eigenvalue weighted by atomic mass is 32.2. The fourth-order valence-corrected chi connectivity index (χ4v) is 3.65. The number of hydrogen-bond donors (Lipinski definition) is 1. The number of nitrogens with one attached hydrogen (secondary N) is 1. The normalized spacial score (nSPS) is 12.1. The van der Waals surface area contributed by atoms with Crippen LogP contribution in [0.5, 0.6) is 0 Å². The predicted octanol–water partition coefficient (Wildman–Crippen LogP) is 4.55. The molecule has 1 aromatic heterocycles. The molecule has 0 saturated heterocycles. The molecule has 1 heterocycles. The first-order valence-electron chi connectivity index (χ1n) is 8.71. The monoisotopic (exact) mass is 406 g/mol. The van der Waals surface area contributed by atoms with Gasteiger partial charge in [-0.15, -0.1) is 0 Å². The van der Waals surface area contributed by atoms with Crippen LogP contribution in [0.1, 0.15) is 24.2 Å². The Bertz CT molecular complexity index is 1100. The van der Waals surface area contributed by atoms with Crippen molar-refractivity contribution >= 4 is 32.3 Å². The molecule has 8 heteroatoms. The van der Waals surface area contributed by atoms with Gasteiger partial charge in [-0.3, -0.25) is 4.79 Å². The number of sulfone groups is 1. The summed E-state index contributed by atoms with van der Waals surface area (Å²) in [6, 6.07) is 12.0. The van der Waals surface area contributed by atoms with Gasteiger partial charge in [0, 0.05) is 34.9 Å². The first kappa shape index (κ1) is 20.0. The Morgan fingerprint density at radius 1 is 1.07 bits per heavy atom. The number of carbonyl (C=O) groups excluding carboxylic acids is 1. The summed E-state index contributed by atoms with van der Waals surface area (Å²) >= 11 is 0. The van der Waals surface area contributed by atoms with E-state index >= 15 is 0 Å². The molecular weight excluding hydrogens is 386 g/mol. The van der Waals surface area contributed by atoms with Crippen LogP contribution < -0.4 is 5.32 Å². The highest BCUT2D eigenvalue weighted by molar-refractivity contribution is 7.91. The number of anilines is 1. The van der Waals surface area contributed by atoms with E-state index in [1.165, 1.54) is 12.1 Å². The molecule has 3 aromatic rings. The number of alkyl halides is 2. The summed E-state index contributed by atoms with van der Waals surface area (Å²) in [6.07, 6.45) is 2.00. The van der Waals surface area contributed by atoms with Gasteiger partial charge >= 0.3 is 5.76 Å². The van der Waals surface area contributed by atoms with Crippen LogP contribution in [0.4, 0.5) is 14.5 Å². The average Bonchev–Trinajstić information content (AvgIpc) is 3.03. The maximum atomic E-state index is 12.6. The van der Waals surface area contributed by atoms with Gasteiger partial charge in [0.15, 0.2) is 0 Å². The van der Waals surface area contributed by atoms with Crippen LogP contribution in [0, 0.1) is 5.92 Å². The van der Waals surface area contributed by atoms with E-state index in [2.05, 4.69) is 23.7 Å². The van der Waals surface area contributed by atoms with E-state index in [1.807, 2.05) is 24.4 Å². The van der Waals surface area contributed by atoms with E-state index in [-0.39, 0.29) is 5.56 Å². The molecule has 0 fully saturated rings. The van der Waals surface area contributed by atoms with Crippen molar-refractivity contribution in [3.05, 3.63) is 60.3 Å². The minimum Gasteiger partial charge on any atom is -0.347 e. The molecule has 2 aromatic carbocycles. The lowest BCUT2D eigenvalue weighted by Gasteiger charge is -2.10. The number of fused-ring (bicyclic) bond motifs is 1. The van der Waals surface area contributed by atoms with E-state index in [4.69, 9.17) is 0 Å². The molecule has 0 unspecified atom stereocenters. The van der Waals surface area contributed by atoms with E-state index in [9.17, 15) is 22.0 Å². The van der Waals surface area contributed by atoms with E-state index in [0.29, 0.717) is 11.6 Å². The molecule has 28 heavy (non-hydrogen) atoms. The number of carbonyl (C=O) groups is 1. The van der Waals surface area contributed by atoms with Gasteiger partial charge in [0.05, 0.1) is 4.90 Å². The van der Waals surface area contributed by atoms with Crippen molar-refractivity contribution in [3.8, 4) is 0 Å². The Morgan fingerprint density at radius 3 is 2.36 bits per heavy atom. The first-order valence-corrected chi connectivity index (χ1v) is 10.3. The van der Waals surface area contributed by atoms with Crippen molar-refractivity contribution in [2.75, 3.05) is 5.32 Å². The molecule has 1 N–H and O–H groups in total. The van der Waals surface area contributed by atoms with Crippen molar-refractivity contribution in [3.63, 3.8) is 0 Å². The molecule has 0 aliphatic carbocycles. The zero-order valence-electron chi connectivity index (χ0n) is 15.4. The largest absolute Gasteiger partial charge is 0.347 e. The summed E-state index contributed by atoms with van der Waals surface area (Å²) < 4.78 is 50.2. The van der Waals surface area contributed by atoms with Gasteiger partial charge in [-0.25, -0.2) is 8.42 Å². The van der Waals surface area contributed by atoms with Gasteiger partial charge in [-0.2, -0.15) is 8.78 Å². The molecule has 1 amide bonds. The number of halogens is 2. The second-order valence-electron chi connectivity index (χ2n) is 6.92.